The first kappa shape index (κ1) is 32.6. The lowest BCUT2D eigenvalue weighted by Gasteiger charge is -2.13. The van der Waals surface area contributed by atoms with E-state index in [9.17, 15) is 18.0 Å². The van der Waals surface area contributed by atoms with Crippen molar-refractivity contribution in [2.24, 2.45) is 10.9 Å². The highest BCUT2D eigenvalue weighted by atomic mass is 35.5. The van der Waals surface area contributed by atoms with Gasteiger partial charge in [0.2, 0.25) is 0 Å². The number of carbonyl (C=O) groups excluding carboxylic acids is 1. The summed E-state index contributed by atoms with van der Waals surface area (Å²) in [5.74, 6) is 0.890. The maximum atomic E-state index is 12.1. The zero-order valence-corrected chi connectivity index (χ0v) is 21.9. The number of aldehydes is 1. The maximum absolute atomic E-state index is 12.1. The standard InChI is InChI=1S/C10H18ClN3.C8H8F3N.C7H13NO/c1-4-6-9(14-7-11)8(5-2)10(12)13-3;1-5-2-6(8(9,10)11)4-7(12)3-5;1-8-4-2-7(6-8)3-5-9/h12,14H,3-7H2,1-2H3;2-4H,12H2,1H3;5,7H,2-4,6H2,1H3/b9-8-,12-10?;;. The average Bonchev–Trinajstić information content (AvgIpc) is 3.19. The number of aliphatic imine (C=N–C) groups is 1. The van der Waals surface area contributed by atoms with Crippen molar-refractivity contribution in [3.05, 3.63) is 40.6 Å². The van der Waals surface area contributed by atoms with Crippen molar-refractivity contribution in [3.63, 3.8) is 0 Å². The van der Waals surface area contributed by atoms with E-state index in [4.69, 9.17) is 22.7 Å². The molecule has 4 N–H and O–H groups in total. The summed E-state index contributed by atoms with van der Waals surface area (Å²) in [5.41, 5.74) is 7.14. The monoisotopic (exact) mass is 517 g/mol. The number of rotatable bonds is 8. The van der Waals surface area contributed by atoms with Gasteiger partial charge in [0.05, 0.1) is 11.6 Å². The molecule has 0 aromatic heterocycles. The Labute approximate surface area is 212 Å². The van der Waals surface area contributed by atoms with Crippen molar-refractivity contribution in [2.45, 2.75) is 59.1 Å². The van der Waals surface area contributed by atoms with Crippen LogP contribution in [0.2, 0.25) is 0 Å². The van der Waals surface area contributed by atoms with E-state index in [1.54, 1.807) is 6.92 Å². The third-order valence-electron chi connectivity index (χ3n) is 5.29. The molecule has 1 saturated heterocycles. The van der Waals surface area contributed by atoms with E-state index in [2.05, 4.69) is 35.9 Å². The number of halogens is 4. The van der Waals surface area contributed by atoms with Crippen LogP contribution in [0.25, 0.3) is 0 Å². The summed E-state index contributed by atoms with van der Waals surface area (Å²) >= 11 is 5.62. The smallest absolute Gasteiger partial charge is 0.399 e. The Hall–Kier alpha value is -2.39. The first-order valence-electron chi connectivity index (χ1n) is 11.6. The minimum Gasteiger partial charge on any atom is -0.399 e. The molecule has 1 aliphatic heterocycles. The quantitative estimate of drug-likeness (QED) is 0.0978. The lowest BCUT2D eigenvalue weighted by molar-refractivity contribution is -0.137. The van der Waals surface area contributed by atoms with Gasteiger partial charge >= 0.3 is 6.18 Å². The van der Waals surface area contributed by atoms with Gasteiger partial charge in [0, 0.05) is 29.9 Å². The second kappa shape index (κ2) is 17.1. The summed E-state index contributed by atoms with van der Waals surface area (Å²) in [7, 11) is 2.10. The number of hydrogen-bond acceptors (Lipinski definition) is 5. The van der Waals surface area contributed by atoms with Crippen molar-refractivity contribution < 1.29 is 18.0 Å². The van der Waals surface area contributed by atoms with E-state index in [1.165, 1.54) is 19.0 Å². The summed E-state index contributed by atoms with van der Waals surface area (Å²) in [4.78, 5) is 16.0. The molecule has 1 aliphatic rings. The highest BCUT2D eigenvalue weighted by Gasteiger charge is 2.30. The van der Waals surface area contributed by atoms with Gasteiger partial charge in [0.1, 0.15) is 12.1 Å². The van der Waals surface area contributed by atoms with Crippen LogP contribution in [0.3, 0.4) is 0 Å². The predicted molar refractivity (Wildman–Crippen MR) is 140 cm³/mol. The van der Waals surface area contributed by atoms with Crippen molar-refractivity contribution >= 4 is 36.1 Å². The Balaban J connectivity index is 0.000000506. The molecule has 198 valence electrons. The van der Waals surface area contributed by atoms with Gasteiger partial charge in [-0.05, 0) is 76.2 Å². The molecule has 0 saturated carbocycles. The molecule has 0 radical (unpaired) electrons. The molecule has 1 heterocycles. The summed E-state index contributed by atoms with van der Waals surface area (Å²) in [6.07, 6.45) is 1.38. The summed E-state index contributed by atoms with van der Waals surface area (Å²) in [6.45, 7) is 11.3. The number of nitrogens with two attached hydrogens (primary N) is 1. The fraction of sp³-hybridized carbons (Fsp3) is 0.560. The first-order chi connectivity index (χ1) is 16.4. The zero-order valence-electron chi connectivity index (χ0n) is 21.1. The number of benzene rings is 1. The van der Waals surface area contributed by atoms with Crippen LogP contribution in [0.1, 0.15) is 57.1 Å². The molecule has 0 aliphatic carbocycles. The Morgan fingerprint density at radius 3 is 2.43 bits per heavy atom. The molecule has 0 amide bonds. The molecule has 1 fully saturated rings. The Morgan fingerprint density at radius 1 is 1.37 bits per heavy atom. The van der Waals surface area contributed by atoms with Crippen LogP contribution in [0.15, 0.2) is 34.5 Å². The van der Waals surface area contributed by atoms with Crippen molar-refractivity contribution in [1.29, 1.82) is 5.41 Å². The minimum atomic E-state index is -4.31. The lowest BCUT2D eigenvalue weighted by Crippen LogP contribution is -2.16. The van der Waals surface area contributed by atoms with Crippen LogP contribution in [0, 0.1) is 18.3 Å². The maximum Gasteiger partial charge on any atom is 0.416 e. The Kier molecular flexibility index (Phi) is 15.9. The van der Waals surface area contributed by atoms with Crippen LogP contribution < -0.4 is 11.1 Å². The summed E-state index contributed by atoms with van der Waals surface area (Å²) < 4.78 is 36.3. The van der Waals surface area contributed by atoms with E-state index >= 15 is 0 Å². The van der Waals surface area contributed by atoms with Gasteiger partial charge in [0.15, 0.2) is 0 Å². The number of allylic oxidation sites excluding steroid dienone is 1. The number of alkyl halides is 4. The normalized spacial score (nSPS) is 16.2. The first-order valence-corrected chi connectivity index (χ1v) is 12.1. The number of nitrogens with one attached hydrogen (secondary N) is 2. The third kappa shape index (κ3) is 13.3. The van der Waals surface area contributed by atoms with E-state index in [1.807, 2.05) is 6.92 Å². The molecular formula is C25H39ClF3N5O. The molecule has 1 aromatic rings. The molecule has 1 unspecified atom stereocenters. The number of amidine groups is 1. The topological polar surface area (TPSA) is 94.6 Å². The average molecular weight is 518 g/mol. The van der Waals surface area contributed by atoms with E-state index in [0.717, 1.165) is 61.9 Å². The fourth-order valence-corrected chi connectivity index (χ4v) is 3.79. The van der Waals surface area contributed by atoms with Crippen molar-refractivity contribution in [2.75, 3.05) is 31.9 Å². The summed E-state index contributed by atoms with van der Waals surface area (Å²) in [6, 6.07) is 3.85. The number of carbonyl (C=O) groups is 1. The molecule has 1 aromatic carbocycles. The molecule has 0 bridgehead atoms. The molecule has 6 nitrogen and oxygen atoms in total. The molecule has 10 heteroatoms. The van der Waals surface area contributed by atoms with Gasteiger partial charge in [-0.3, -0.25) is 5.41 Å². The van der Waals surface area contributed by atoms with Gasteiger partial charge in [-0.25, -0.2) is 4.99 Å². The third-order valence-corrected chi connectivity index (χ3v) is 5.42. The highest BCUT2D eigenvalue weighted by Crippen LogP contribution is 2.31. The predicted octanol–water partition coefficient (Wildman–Crippen LogP) is 6.04. The number of nitrogens with zero attached hydrogens (tertiary/aromatic N) is 2. The van der Waals surface area contributed by atoms with Gasteiger partial charge in [-0.2, -0.15) is 13.2 Å². The highest BCUT2D eigenvalue weighted by molar-refractivity contribution is 6.17. The van der Waals surface area contributed by atoms with Gasteiger partial charge in [0.25, 0.3) is 0 Å². The molecule has 35 heavy (non-hydrogen) atoms. The number of likely N-dealkylation sites (tertiary alicyclic amines) is 1. The SMILES string of the molecule is C=NC(=N)/C(CC)=C(/CCC)NCCl.CN1CCC(CC=O)C1.Cc1cc(N)cc(C(F)(F)F)c1. The van der Waals surface area contributed by atoms with Gasteiger partial charge in [-0.15, -0.1) is 11.6 Å². The van der Waals surface area contributed by atoms with Crippen LogP contribution in [-0.2, 0) is 11.0 Å². The second-order valence-corrected chi connectivity index (χ2v) is 8.59. The Bertz CT molecular complexity index is 815. The summed E-state index contributed by atoms with van der Waals surface area (Å²) in [5, 5.41) is 10.7. The van der Waals surface area contributed by atoms with E-state index in [-0.39, 0.29) is 11.5 Å². The van der Waals surface area contributed by atoms with Crippen molar-refractivity contribution in [1.82, 2.24) is 10.2 Å². The van der Waals surface area contributed by atoms with Crippen molar-refractivity contribution in [3.8, 4) is 0 Å². The van der Waals surface area contributed by atoms with E-state index < -0.39 is 11.7 Å². The molecular weight excluding hydrogens is 479 g/mol. The molecule has 0 spiro atoms. The zero-order chi connectivity index (χ0) is 27.0. The number of hydrogen-bond donors (Lipinski definition) is 3. The molecule has 2 rings (SSSR count). The molecule has 1 atom stereocenters. The van der Waals surface area contributed by atoms with Crippen LogP contribution in [0.4, 0.5) is 18.9 Å². The number of nitrogen functional groups attached to an aromatic ring is 1. The number of anilines is 1. The van der Waals surface area contributed by atoms with Crippen LogP contribution in [-0.4, -0.2) is 49.9 Å². The van der Waals surface area contributed by atoms with Crippen LogP contribution >= 0.6 is 11.6 Å². The lowest BCUT2D eigenvalue weighted by atomic mass is 10.1. The van der Waals surface area contributed by atoms with E-state index in [0.29, 0.717) is 17.5 Å². The van der Waals surface area contributed by atoms with Gasteiger partial charge in [-0.1, -0.05) is 20.3 Å². The second-order valence-electron chi connectivity index (χ2n) is 8.33. The minimum absolute atomic E-state index is 0.141. The van der Waals surface area contributed by atoms with Gasteiger partial charge < -0.3 is 20.7 Å². The van der Waals surface area contributed by atoms with Crippen LogP contribution in [0.5, 0.6) is 0 Å². The Morgan fingerprint density at radius 2 is 2.03 bits per heavy atom. The largest absolute Gasteiger partial charge is 0.416 e. The fourth-order valence-electron chi connectivity index (χ4n) is 3.63. The number of aryl methyl sites for hydroxylation is 1.